The summed E-state index contributed by atoms with van der Waals surface area (Å²) in [5.74, 6) is 2.45. The first-order chi connectivity index (χ1) is 27.3. The van der Waals surface area contributed by atoms with Gasteiger partial charge in [0.15, 0.2) is 11.5 Å². The number of hydrogen-bond donors (Lipinski definition) is 2. The molecule has 0 aliphatic carbocycles. The molecule has 0 unspecified atom stereocenters. The van der Waals surface area contributed by atoms with E-state index in [1.807, 2.05) is 71.0 Å². The van der Waals surface area contributed by atoms with Gasteiger partial charge in [0, 0.05) is 23.3 Å². The fourth-order valence-corrected chi connectivity index (χ4v) is 6.70. The number of aromatic hydroxyl groups is 1. The molecule has 4 aromatic carbocycles. The summed E-state index contributed by atoms with van der Waals surface area (Å²) in [4.78, 5) is 14.5. The Kier molecular flexibility index (Phi) is 14.7. The van der Waals surface area contributed by atoms with Crippen LogP contribution in [0.5, 0.6) is 34.5 Å². The lowest BCUT2D eigenvalue weighted by atomic mass is 9.98. The number of unbranched alkanes of at least 4 members (excludes halogenated alkanes) is 2. The summed E-state index contributed by atoms with van der Waals surface area (Å²) in [6.07, 6.45) is 7.45. The van der Waals surface area contributed by atoms with E-state index in [-0.39, 0.29) is 27.0 Å². The third kappa shape index (κ3) is 11.3. The lowest BCUT2D eigenvalue weighted by Gasteiger charge is -2.18. The number of aryl methyl sites for hydroxylation is 1. The molecule has 0 amide bonds. The summed E-state index contributed by atoms with van der Waals surface area (Å²) in [5.41, 5.74) is 4.48. The summed E-state index contributed by atoms with van der Waals surface area (Å²) < 4.78 is 59.5. The molecule has 12 heteroatoms. The standard InChI is InChI=1S/C45H53NO10S/c1-29(2)11-21-35-37(54-25-9-7-24-53-33-17-19-34(20-18-33)57(46,49)50)27-39-42(43(35)47)44(48)41-36(22-12-30(3)4)45(51-6)40(28-38(41)56-39)55-26-10-8-23-52-32-15-13-31(5)14-16-32/h11-20,27-28,47H,7-10,21-26H2,1-6H3,(H2,46,49,50). The minimum absolute atomic E-state index is 0.0129. The van der Waals surface area contributed by atoms with Crippen molar-refractivity contribution < 1.29 is 41.6 Å². The Morgan fingerprint density at radius 3 is 1.70 bits per heavy atom. The molecule has 0 bridgehead atoms. The fraction of sp³-hybridized carbons (Fsp3) is 0.356. The van der Waals surface area contributed by atoms with Gasteiger partial charge in [-0.05, 0) is 110 Å². The average Bonchev–Trinajstić information content (AvgIpc) is 3.16. The van der Waals surface area contributed by atoms with E-state index in [2.05, 4.69) is 0 Å². The average molecular weight is 800 g/mol. The van der Waals surface area contributed by atoms with Crippen LogP contribution in [0.4, 0.5) is 0 Å². The van der Waals surface area contributed by atoms with Crippen LogP contribution in [0.1, 0.15) is 70.1 Å². The van der Waals surface area contributed by atoms with Gasteiger partial charge in [-0.2, -0.15) is 0 Å². The minimum atomic E-state index is -3.78. The van der Waals surface area contributed by atoms with Crippen molar-refractivity contribution in [3.63, 3.8) is 0 Å². The Hall–Kier alpha value is -5.46. The highest BCUT2D eigenvalue weighted by Crippen LogP contribution is 2.42. The molecule has 5 rings (SSSR count). The predicted molar refractivity (Wildman–Crippen MR) is 224 cm³/mol. The molecular formula is C45H53NO10S. The largest absolute Gasteiger partial charge is 0.507 e. The normalized spacial score (nSPS) is 11.4. The molecule has 304 valence electrons. The van der Waals surface area contributed by atoms with E-state index < -0.39 is 10.0 Å². The highest BCUT2D eigenvalue weighted by molar-refractivity contribution is 7.89. The fourth-order valence-electron chi connectivity index (χ4n) is 6.18. The van der Waals surface area contributed by atoms with Gasteiger partial charge in [-0.15, -0.1) is 0 Å². The van der Waals surface area contributed by atoms with Crippen LogP contribution in [0, 0.1) is 6.92 Å². The van der Waals surface area contributed by atoms with Gasteiger partial charge in [0.25, 0.3) is 0 Å². The van der Waals surface area contributed by atoms with Gasteiger partial charge in [-0.25, -0.2) is 13.6 Å². The topological polar surface area (TPSA) is 157 Å². The van der Waals surface area contributed by atoms with Crippen LogP contribution >= 0.6 is 0 Å². The van der Waals surface area contributed by atoms with E-state index in [0.29, 0.717) is 97.2 Å². The van der Waals surface area contributed by atoms with Crippen LogP contribution in [0.15, 0.2) is 98.1 Å². The molecule has 0 aliphatic rings. The second-order valence-corrected chi connectivity index (χ2v) is 15.9. The van der Waals surface area contributed by atoms with E-state index in [1.165, 1.54) is 17.7 Å². The molecular weight excluding hydrogens is 747 g/mol. The summed E-state index contributed by atoms with van der Waals surface area (Å²) in [5, 5.41) is 17.3. The van der Waals surface area contributed by atoms with Gasteiger partial charge in [0.1, 0.15) is 39.6 Å². The zero-order chi connectivity index (χ0) is 41.1. The number of phenols is 1. The zero-order valence-corrected chi connectivity index (χ0v) is 34.4. The molecule has 0 spiro atoms. The number of benzene rings is 4. The van der Waals surface area contributed by atoms with Crippen LogP contribution in [-0.4, -0.2) is 47.1 Å². The Morgan fingerprint density at radius 2 is 1.18 bits per heavy atom. The van der Waals surface area contributed by atoms with Crippen molar-refractivity contribution in [1.29, 1.82) is 0 Å². The van der Waals surface area contributed by atoms with Gasteiger partial charge in [-0.3, -0.25) is 4.79 Å². The quantitative estimate of drug-likeness (QED) is 0.0442. The molecule has 1 aromatic heterocycles. The smallest absolute Gasteiger partial charge is 0.238 e. The molecule has 0 atom stereocenters. The first-order valence-electron chi connectivity index (χ1n) is 19.1. The van der Waals surface area contributed by atoms with Crippen LogP contribution in [0.3, 0.4) is 0 Å². The lowest BCUT2D eigenvalue weighted by Crippen LogP contribution is -2.11. The van der Waals surface area contributed by atoms with Crippen molar-refractivity contribution in [3.05, 3.63) is 111 Å². The summed E-state index contributed by atoms with van der Waals surface area (Å²) in [6, 6.07) is 17.2. The first-order valence-corrected chi connectivity index (χ1v) is 20.6. The van der Waals surface area contributed by atoms with Crippen molar-refractivity contribution in [2.24, 2.45) is 5.14 Å². The van der Waals surface area contributed by atoms with E-state index in [1.54, 1.807) is 31.4 Å². The molecule has 1 heterocycles. The third-order valence-electron chi connectivity index (χ3n) is 9.25. The maximum atomic E-state index is 14.5. The van der Waals surface area contributed by atoms with Gasteiger partial charge in [0.2, 0.25) is 15.5 Å². The van der Waals surface area contributed by atoms with E-state index in [4.69, 9.17) is 33.2 Å². The van der Waals surface area contributed by atoms with Gasteiger partial charge < -0.3 is 33.2 Å². The van der Waals surface area contributed by atoms with E-state index in [0.717, 1.165) is 29.7 Å². The van der Waals surface area contributed by atoms with Crippen LogP contribution in [-0.2, 0) is 22.9 Å². The summed E-state index contributed by atoms with van der Waals surface area (Å²) in [7, 11) is -2.23. The second-order valence-electron chi connectivity index (χ2n) is 14.4. The van der Waals surface area contributed by atoms with Crippen molar-refractivity contribution in [2.45, 2.75) is 78.0 Å². The summed E-state index contributed by atoms with van der Waals surface area (Å²) >= 11 is 0. The molecule has 0 saturated carbocycles. The van der Waals surface area contributed by atoms with Gasteiger partial charge in [0.05, 0.1) is 43.8 Å². The Balaban J connectivity index is 1.39. The first kappa shape index (κ1) is 42.7. The zero-order valence-electron chi connectivity index (χ0n) is 33.6. The second kappa shape index (κ2) is 19.6. The van der Waals surface area contributed by atoms with Gasteiger partial charge in [-0.1, -0.05) is 41.0 Å². The number of rotatable bonds is 20. The van der Waals surface area contributed by atoms with Crippen LogP contribution < -0.4 is 34.3 Å². The van der Waals surface area contributed by atoms with E-state index in [9.17, 15) is 18.3 Å². The molecule has 0 aliphatic heterocycles. The molecule has 0 radical (unpaired) electrons. The molecule has 11 nitrogen and oxygen atoms in total. The Bertz CT molecular complexity index is 2390. The number of primary sulfonamides is 1. The number of ether oxygens (including phenoxy) is 5. The number of allylic oxidation sites excluding steroid dienone is 4. The molecule has 5 aromatic rings. The molecule has 0 saturated heterocycles. The minimum Gasteiger partial charge on any atom is -0.507 e. The van der Waals surface area contributed by atoms with Crippen molar-refractivity contribution in [3.8, 4) is 34.5 Å². The third-order valence-corrected chi connectivity index (χ3v) is 10.2. The predicted octanol–water partition coefficient (Wildman–Crippen LogP) is 9.11. The van der Waals surface area contributed by atoms with Gasteiger partial charge >= 0.3 is 0 Å². The van der Waals surface area contributed by atoms with Crippen LogP contribution in [0.25, 0.3) is 21.9 Å². The Labute approximate surface area is 334 Å². The van der Waals surface area contributed by atoms with E-state index >= 15 is 0 Å². The summed E-state index contributed by atoms with van der Waals surface area (Å²) in [6.45, 7) is 11.5. The van der Waals surface area contributed by atoms with Crippen molar-refractivity contribution >= 4 is 32.0 Å². The molecule has 57 heavy (non-hydrogen) atoms. The van der Waals surface area contributed by atoms with Crippen LogP contribution in [0.2, 0.25) is 0 Å². The number of nitrogens with two attached hydrogens (primary N) is 1. The number of phenolic OH excluding ortho intramolecular Hbond substituents is 1. The highest BCUT2D eigenvalue weighted by atomic mass is 32.2. The highest BCUT2D eigenvalue weighted by Gasteiger charge is 2.24. The maximum Gasteiger partial charge on any atom is 0.238 e. The number of methoxy groups -OCH3 is 1. The Morgan fingerprint density at radius 1 is 0.702 bits per heavy atom. The van der Waals surface area contributed by atoms with Crippen molar-refractivity contribution in [1.82, 2.24) is 0 Å². The maximum absolute atomic E-state index is 14.5. The monoisotopic (exact) mass is 799 g/mol. The number of sulfonamides is 1. The molecule has 0 fully saturated rings. The van der Waals surface area contributed by atoms with Crippen molar-refractivity contribution in [2.75, 3.05) is 33.5 Å². The molecule has 3 N–H and O–H groups in total. The lowest BCUT2D eigenvalue weighted by molar-refractivity contribution is 0.258. The number of hydrogen-bond acceptors (Lipinski definition) is 10. The SMILES string of the molecule is COc1c(OCCCCOc2ccc(C)cc2)cc2oc3cc(OCCCCOc4ccc(S(N)(=O)=O)cc4)c(CC=C(C)C)c(O)c3c(=O)c2c1CC=C(C)C. The number of fused-ring (bicyclic) bond motifs is 2.